The summed E-state index contributed by atoms with van der Waals surface area (Å²) >= 11 is -3.19. The Morgan fingerprint density at radius 1 is 0.833 bits per heavy atom. The summed E-state index contributed by atoms with van der Waals surface area (Å²) in [7, 11) is 1.40. The first-order valence-electron chi connectivity index (χ1n) is 11.0. The van der Waals surface area contributed by atoms with Crippen LogP contribution in [0.25, 0.3) is 28.2 Å². The van der Waals surface area contributed by atoms with Gasteiger partial charge >= 0.3 is 0 Å². The van der Waals surface area contributed by atoms with E-state index in [0.29, 0.717) is 27.7 Å². The molecule has 1 N–H and O–H groups in total. The first-order chi connectivity index (χ1) is 17.6. The molecule has 0 bridgehead atoms. The van der Waals surface area contributed by atoms with Crippen molar-refractivity contribution in [3.05, 3.63) is 103 Å². The topological polar surface area (TPSA) is 94.8 Å². The van der Waals surface area contributed by atoms with Gasteiger partial charge in [-0.2, -0.15) is 14.9 Å². The van der Waals surface area contributed by atoms with Crippen LogP contribution in [-0.2, 0) is 37.2 Å². The minimum Gasteiger partial charge on any atom is -0.290 e. The van der Waals surface area contributed by atoms with Gasteiger partial charge in [-0.25, -0.2) is 17.9 Å². The maximum absolute atomic E-state index is 12.7. The largest absolute Gasteiger partial charge is 0.290 e. The average molecular weight is 519 g/mol. The quantitative estimate of drug-likeness (QED) is 0.288. The number of aromatic nitrogens is 3. The second kappa shape index (κ2) is 11.0. The van der Waals surface area contributed by atoms with Crippen LogP contribution >= 0.6 is 0 Å². The zero-order valence-electron chi connectivity index (χ0n) is 19.2. The lowest BCUT2D eigenvalue weighted by atomic mass is 10.1. The van der Waals surface area contributed by atoms with E-state index in [9.17, 15) is 8.42 Å². The van der Waals surface area contributed by atoms with Gasteiger partial charge in [-0.3, -0.25) is 4.18 Å². The minimum atomic E-state index is -1.69. The third kappa shape index (κ3) is 5.32. The molecule has 8 nitrogen and oxygen atoms in total. The Labute approximate surface area is 213 Å². The van der Waals surface area contributed by atoms with E-state index in [1.54, 1.807) is 35.0 Å². The number of hydroxylamine groups is 1. The number of fused-ring (bicyclic) bond motifs is 1. The predicted molar refractivity (Wildman–Crippen MR) is 138 cm³/mol. The molecule has 0 aliphatic heterocycles. The van der Waals surface area contributed by atoms with Crippen LogP contribution in [0.3, 0.4) is 0 Å². The SMILES string of the molecule is COS(=O)c1ccc(-c2cnc3ccc(-c4cccc(S(=O)ONCc5ccccc5)c4)nn23)cc1. The molecule has 2 aromatic heterocycles. The van der Waals surface area contributed by atoms with Crippen LogP contribution in [-0.4, -0.2) is 30.1 Å². The zero-order chi connectivity index (χ0) is 24.9. The summed E-state index contributed by atoms with van der Waals surface area (Å²) in [6.45, 7) is 0.441. The molecule has 2 heterocycles. The highest BCUT2D eigenvalue weighted by Crippen LogP contribution is 2.25. The van der Waals surface area contributed by atoms with Crippen molar-refractivity contribution in [2.75, 3.05) is 7.11 Å². The second-order valence-corrected chi connectivity index (χ2v) is 10.1. The van der Waals surface area contributed by atoms with Crippen LogP contribution in [0.15, 0.2) is 107 Å². The van der Waals surface area contributed by atoms with Gasteiger partial charge in [0.25, 0.3) is 0 Å². The Kier molecular flexibility index (Phi) is 7.40. The maximum atomic E-state index is 12.7. The molecule has 3 aromatic carbocycles. The lowest BCUT2D eigenvalue weighted by Crippen LogP contribution is -2.16. The summed E-state index contributed by atoms with van der Waals surface area (Å²) in [6.07, 6.45) is 1.74. The summed E-state index contributed by atoms with van der Waals surface area (Å²) in [6, 6.07) is 27.9. The Hall–Kier alpha value is -3.54. The number of nitrogens with one attached hydrogen (secondary N) is 1. The Bertz CT molecular complexity index is 1540. The molecule has 0 aliphatic rings. The molecule has 0 saturated carbocycles. The van der Waals surface area contributed by atoms with E-state index in [1.807, 2.05) is 66.7 Å². The van der Waals surface area contributed by atoms with E-state index >= 15 is 0 Å². The van der Waals surface area contributed by atoms with E-state index in [1.165, 1.54) is 7.11 Å². The fourth-order valence-electron chi connectivity index (χ4n) is 3.63. The van der Waals surface area contributed by atoms with Gasteiger partial charge < -0.3 is 0 Å². The number of hydrogen-bond donors (Lipinski definition) is 1. The molecule has 0 fully saturated rings. The number of hydrogen-bond acceptors (Lipinski definition) is 7. The zero-order valence-corrected chi connectivity index (χ0v) is 20.9. The van der Waals surface area contributed by atoms with Crippen LogP contribution in [0.2, 0.25) is 0 Å². The molecule has 2 atom stereocenters. The minimum absolute atomic E-state index is 0.441. The maximum Gasteiger partial charge on any atom is 0.206 e. The smallest absolute Gasteiger partial charge is 0.206 e. The fourth-order valence-corrected chi connectivity index (χ4v) is 4.85. The number of nitrogens with zero attached hydrogens (tertiary/aromatic N) is 3. The van der Waals surface area contributed by atoms with Gasteiger partial charge in [0, 0.05) is 17.7 Å². The van der Waals surface area contributed by atoms with Gasteiger partial charge in [0.2, 0.25) is 11.1 Å². The van der Waals surface area contributed by atoms with Crippen molar-refractivity contribution in [1.82, 2.24) is 20.1 Å². The molecule has 182 valence electrons. The molecular weight excluding hydrogens is 496 g/mol. The lowest BCUT2D eigenvalue weighted by Gasteiger charge is -2.08. The molecule has 0 aliphatic carbocycles. The van der Waals surface area contributed by atoms with Crippen molar-refractivity contribution in [1.29, 1.82) is 0 Å². The monoisotopic (exact) mass is 518 g/mol. The average Bonchev–Trinajstić information content (AvgIpc) is 3.36. The third-order valence-electron chi connectivity index (χ3n) is 5.43. The molecular formula is C26H22N4O4S2. The highest BCUT2D eigenvalue weighted by molar-refractivity contribution is 7.80. The van der Waals surface area contributed by atoms with Crippen molar-refractivity contribution in [2.45, 2.75) is 16.3 Å². The van der Waals surface area contributed by atoms with Gasteiger partial charge in [0.1, 0.15) is 0 Å². The fraction of sp³-hybridized carbons (Fsp3) is 0.0769. The molecule has 0 saturated heterocycles. The van der Waals surface area contributed by atoms with E-state index in [4.69, 9.17) is 13.6 Å². The lowest BCUT2D eigenvalue weighted by molar-refractivity contribution is 0.216. The molecule has 5 rings (SSSR count). The summed E-state index contributed by atoms with van der Waals surface area (Å²) < 4.78 is 36.5. The molecule has 10 heteroatoms. The van der Waals surface area contributed by atoms with Crippen molar-refractivity contribution in [2.24, 2.45) is 0 Å². The second-order valence-electron chi connectivity index (χ2n) is 7.71. The molecule has 0 spiro atoms. The molecule has 0 radical (unpaired) electrons. The summed E-state index contributed by atoms with van der Waals surface area (Å²) in [4.78, 5) is 5.54. The predicted octanol–water partition coefficient (Wildman–Crippen LogP) is 4.48. The highest BCUT2D eigenvalue weighted by atomic mass is 32.2. The molecule has 2 unspecified atom stereocenters. The third-order valence-corrected chi connectivity index (χ3v) is 7.30. The van der Waals surface area contributed by atoms with Crippen LogP contribution in [0.5, 0.6) is 0 Å². The number of rotatable bonds is 9. The van der Waals surface area contributed by atoms with Crippen LogP contribution in [0.1, 0.15) is 5.56 Å². The standard InChI is InChI=1S/C26H22N4O4S2/c1-33-35(31)22-12-10-20(11-13-22)25-18-27-26-15-14-24(29-30(25)26)21-8-5-9-23(16-21)36(32)34-28-17-19-6-3-2-4-7-19/h2-16,18,28H,17H2,1H3. The Balaban J connectivity index is 1.36. The van der Waals surface area contributed by atoms with Gasteiger partial charge in [0.15, 0.2) is 16.7 Å². The first kappa shape index (κ1) is 24.2. The van der Waals surface area contributed by atoms with E-state index < -0.39 is 22.2 Å². The Morgan fingerprint density at radius 3 is 2.42 bits per heavy atom. The Morgan fingerprint density at radius 2 is 1.64 bits per heavy atom. The molecule has 5 aromatic rings. The summed E-state index contributed by atoms with van der Waals surface area (Å²) in [5.74, 6) is 0. The van der Waals surface area contributed by atoms with Crippen molar-refractivity contribution in [3.63, 3.8) is 0 Å². The molecule has 36 heavy (non-hydrogen) atoms. The van der Waals surface area contributed by atoms with Gasteiger partial charge in [0.05, 0.1) is 34.5 Å². The van der Waals surface area contributed by atoms with Gasteiger partial charge in [-0.05, 0) is 42.0 Å². The number of benzene rings is 3. The van der Waals surface area contributed by atoms with Crippen LogP contribution < -0.4 is 5.48 Å². The summed E-state index contributed by atoms with van der Waals surface area (Å²) in [5, 5.41) is 4.77. The highest BCUT2D eigenvalue weighted by Gasteiger charge is 2.12. The van der Waals surface area contributed by atoms with Gasteiger partial charge in [-0.1, -0.05) is 54.6 Å². The summed E-state index contributed by atoms with van der Waals surface area (Å²) in [5.41, 5.74) is 7.62. The molecule has 0 amide bonds. The number of imidazole rings is 1. The first-order valence-corrected chi connectivity index (χ1v) is 13.1. The van der Waals surface area contributed by atoms with Gasteiger partial charge in [-0.15, -0.1) is 0 Å². The van der Waals surface area contributed by atoms with E-state index in [0.717, 1.165) is 22.4 Å². The van der Waals surface area contributed by atoms with E-state index in [2.05, 4.69) is 10.5 Å². The van der Waals surface area contributed by atoms with Crippen molar-refractivity contribution < 1.29 is 16.9 Å². The van der Waals surface area contributed by atoms with Crippen LogP contribution in [0, 0.1) is 0 Å². The van der Waals surface area contributed by atoms with E-state index in [-0.39, 0.29) is 0 Å². The van der Waals surface area contributed by atoms with Crippen LogP contribution in [0.4, 0.5) is 0 Å². The van der Waals surface area contributed by atoms with Crippen molar-refractivity contribution >= 4 is 27.8 Å². The normalized spacial score (nSPS) is 13.0. The van der Waals surface area contributed by atoms with Crippen molar-refractivity contribution in [3.8, 4) is 22.5 Å².